The summed E-state index contributed by atoms with van der Waals surface area (Å²) in [7, 11) is 0. The highest BCUT2D eigenvalue weighted by Crippen LogP contribution is 2.27. The molecule has 1 aromatic carbocycles. The van der Waals surface area contributed by atoms with Crippen LogP contribution in [0.15, 0.2) is 23.4 Å². The summed E-state index contributed by atoms with van der Waals surface area (Å²) in [6, 6.07) is 4.93. The van der Waals surface area contributed by atoms with E-state index in [1.807, 2.05) is 0 Å². The number of nitrogens with one attached hydrogen (secondary N) is 1. The Morgan fingerprint density at radius 1 is 1.38 bits per heavy atom. The number of alkyl halides is 3. The number of aromatic amines is 1. The van der Waals surface area contributed by atoms with Crippen LogP contribution in [0.5, 0.6) is 0 Å². The minimum atomic E-state index is -4.19. The maximum absolute atomic E-state index is 12.0. The smallest absolute Gasteiger partial charge is 0.333 e. The molecule has 0 aliphatic rings. The van der Waals surface area contributed by atoms with Crippen molar-refractivity contribution < 1.29 is 13.2 Å². The van der Waals surface area contributed by atoms with Gasteiger partial charge in [-0.1, -0.05) is 23.4 Å². The number of nitrogens with zero attached hydrogens (tertiary/aromatic N) is 1. The fourth-order valence-electron chi connectivity index (χ4n) is 1.18. The molecule has 86 valence electrons. The van der Waals surface area contributed by atoms with Crippen LogP contribution in [0.4, 0.5) is 13.2 Å². The van der Waals surface area contributed by atoms with Gasteiger partial charge in [-0.25, -0.2) is 4.98 Å². The van der Waals surface area contributed by atoms with Crippen LogP contribution >= 0.6 is 23.4 Å². The molecule has 0 bridgehead atoms. The number of hydrogen-bond acceptors (Lipinski definition) is 2. The van der Waals surface area contributed by atoms with Crippen LogP contribution in [-0.4, -0.2) is 21.9 Å². The van der Waals surface area contributed by atoms with Gasteiger partial charge in [0, 0.05) is 5.02 Å². The number of thioether (sulfide) groups is 1. The highest BCUT2D eigenvalue weighted by molar-refractivity contribution is 7.99. The Hall–Kier alpha value is -0.880. The van der Waals surface area contributed by atoms with E-state index in [1.165, 1.54) is 0 Å². The zero-order valence-electron chi connectivity index (χ0n) is 7.81. The highest BCUT2D eigenvalue weighted by Gasteiger charge is 2.27. The standard InChI is InChI=1S/C9H6ClF3N2S/c10-5-1-2-6-7(3-5)15-8(14-6)16-4-9(11,12)13/h1-3H,4H2,(H,14,15). The molecule has 0 saturated heterocycles. The summed E-state index contributed by atoms with van der Waals surface area (Å²) < 4.78 is 35.9. The Morgan fingerprint density at radius 3 is 2.81 bits per heavy atom. The Labute approximate surface area is 98.2 Å². The molecule has 2 rings (SSSR count). The summed E-state index contributed by atoms with van der Waals surface area (Å²) in [6.45, 7) is 0. The minimum Gasteiger partial charge on any atom is -0.333 e. The van der Waals surface area contributed by atoms with Gasteiger partial charge in [0.25, 0.3) is 0 Å². The largest absolute Gasteiger partial charge is 0.398 e. The van der Waals surface area contributed by atoms with Crippen LogP contribution in [-0.2, 0) is 0 Å². The van der Waals surface area contributed by atoms with Gasteiger partial charge in [0.05, 0.1) is 16.8 Å². The van der Waals surface area contributed by atoms with Crippen LogP contribution < -0.4 is 0 Å². The Kier molecular flexibility index (Phi) is 3.03. The molecule has 0 saturated carbocycles. The molecule has 0 aliphatic heterocycles. The lowest BCUT2D eigenvalue weighted by molar-refractivity contribution is -0.105. The number of imidazole rings is 1. The third kappa shape index (κ3) is 2.82. The van der Waals surface area contributed by atoms with Crippen molar-refractivity contribution >= 4 is 34.4 Å². The van der Waals surface area contributed by atoms with Gasteiger partial charge in [0.2, 0.25) is 0 Å². The predicted molar refractivity (Wildman–Crippen MR) is 57.9 cm³/mol. The molecule has 0 aliphatic carbocycles. The predicted octanol–water partition coefficient (Wildman–Crippen LogP) is 3.87. The van der Waals surface area contributed by atoms with E-state index < -0.39 is 11.9 Å². The summed E-state index contributed by atoms with van der Waals surface area (Å²) in [4.78, 5) is 6.78. The van der Waals surface area contributed by atoms with Gasteiger partial charge in [0.1, 0.15) is 0 Å². The molecule has 16 heavy (non-hydrogen) atoms. The van der Waals surface area contributed by atoms with Crippen LogP contribution in [0.1, 0.15) is 0 Å². The van der Waals surface area contributed by atoms with E-state index in [2.05, 4.69) is 9.97 Å². The first-order valence-electron chi connectivity index (χ1n) is 4.29. The molecule has 1 N–H and O–H groups in total. The van der Waals surface area contributed by atoms with Gasteiger partial charge in [-0.05, 0) is 18.2 Å². The number of aromatic nitrogens is 2. The monoisotopic (exact) mass is 266 g/mol. The molecule has 1 heterocycles. The van der Waals surface area contributed by atoms with Crippen molar-refractivity contribution in [1.82, 2.24) is 9.97 Å². The summed E-state index contributed by atoms with van der Waals surface area (Å²) >= 11 is 6.37. The first kappa shape index (κ1) is 11.6. The third-order valence-corrected chi connectivity index (χ3v) is 2.97. The number of H-pyrrole nitrogens is 1. The Bertz CT molecular complexity index is 509. The topological polar surface area (TPSA) is 28.7 Å². The second kappa shape index (κ2) is 4.18. The average molecular weight is 267 g/mol. The molecule has 0 amide bonds. The Morgan fingerprint density at radius 2 is 2.12 bits per heavy atom. The number of halogens is 4. The van der Waals surface area contributed by atoms with Gasteiger partial charge >= 0.3 is 6.18 Å². The second-order valence-electron chi connectivity index (χ2n) is 3.11. The van der Waals surface area contributed by atoms with Crippen LogP contribution in [0, 0.1) is 0 Å². The van der Waals surface area contributed by atoms with E-state index in [0.717, 1.165) is 0 Å². The van der Waals surface area contributed by atoms with Crippen molar-refractivity contribution in [2.75, 3.05) is 5.75 Å². The second-order valence-corrected chi connectivity index (χ2v) is 4.51. The summed E-state index contributed by atoms with van der Waals surface area (Å²) in [5.41, 5.74) is 1.24. The molecular weight excluding hydrogens is 261 g/mol. The van der Waals surface area contributed by atoms with Crippen molar-refractivity contribution in [2.45, 2.75) is 11.3 Å². The SMILES string of the molecule is FC(F)(F)CSc1nc2ccc(Cl)cc2[nH]1. The first-order chi connectivity index (χ1) is 7.44. The van der Waals surface area contributed by atoms with Crippen LogP contribution in [0.3, 0.4) is 0 Å². The van der Waals surface area contributed by atoms with Gasteiger partial charge in [0.15, 0.2) is 5.16 Å². The highest BCUT2D eigenvalue weighted by atomic mass is 35.5. The number of benzene rings is 1. The lowest BCUT2D eigenvalue weighted by Gasteiger charge is -2.02. The zero-order chi connectivity index (χ0) is 11.8. The number of hydrogen-bond donors (Lipinski definition) is 1. The number of rotatable bonds is 2. The maximum atomic E-state index is 12.0. The number of fused-ring (bicyclic) bond motifs is 1. The minimum absolute atomic E-state index is 0.245. The normalized spacial score (nSPS) is 12.2. The van der Waals surface area contributed by atoms with E-state index in [1.54, 1.807) is 18.2 Å². The van der Waals surface area contributed by atoms with Crippen molar-refractivity contribution in [3.63, 3.8) is 0 Å². The van der Waals surface area contributed by atoms with Crippen LogP contribution in [0.25, 0.3) is 11.0 Å². The average Bonchev–Trinajstić information content (AvgIpc) is 2.55. The fourth-order valence-corrected chi connectivity index (χ4v) is 1.99. The molecule has 0 fully saturated rings. The third-order valence-electron chi connectivity index (χ3n) is 1.79. The molecule has 1 aromatic heterocycles. The lowest BCUT2D eigenvalue weighted by atomic mass is 10.3. The van der Waals surface area contributed by atoms with E-state index in [9.17, 15) is 13.2 Å². The van der Waals surface area contributed by atoms with E-state index in [0.29, 0.717) is 27.8 Å². The molecule has 0 radical (unpaired) electrons. The Balaban J connectivity index is 2.20. The van der Waals surface area contributed by atoms with Crippen molar-refractivity contribution in [2.24, 2.45) is 0 Å². The summed E-state index contributed by atoms with van der Waals surface area (Å²) in [5.74, 6) is -0.958. The summed E-state index contributed by atoms with van der Waals surface area (Å²) in [6.07, 6.45) is -4.19. The first-order valence-corrected chi connectivity index (χ1v) is 5.65. The molecule has 0 unspecified atom stereocenters. The molecule has 0 spiro atoms. The quantitative estimate of drug-likeness (QED) is 0.836. The van der Waals surface area contributed by atoms with Crippen molar-refractivity contribution in [3.05, 3.63) is 23.2 Å². The lowest BCUT2D eigenvalue weighted by Crippen LogP contribution is -2.10. The van der Waals surface area contributed by atoms with Gasteiger partial charge in [-0.15, -0.1) is 0 Å². The summed E-state index contributed by atoms with van der Waals surface area (Å²) in [5, 5.41) is 0.762. The van der Waals surface area contributed by atoms with E-state index >= 15 is 0 Å². The van der Waals surface area contributed by atoms with E-state index in [4.69, 9.17) is 11.6 Å². The molecule has 0 atom stereocenters. The molecule has 2 nitrogen and oxygen atoms in total. The maximum Gasteiger partial charge on any atom is 0.398 e. The van der Waals surface area contributed by atoms with E-state index in [-0.39, 0.29) is 5.16 Å². The zero-order valence-corrected chi connectivity index (χ0v) is 9.38. The van der Waals surface area contributed by atoms with Gasteiger partial charge in [-0.2, -0.15) is 13.2 Å². The fraction of sp³-hybridized carbons (Fsp3) is 0.222. The van der Waals surface area contributed by atoms with Crippen molar-refractivity contribution in [1.29, 1.82) is 0 Å². The van der Waals surface area contributed by atoms with Gasteiger partial charge in [-0.3, -0.25) is 0 Å². The molecular formula is C9H6ClF3N2S. The van der Waals surface area contributed by atoms with Crippen LogP contribution in [0.2, 0.25) is 5.02 Å². The van der Waals surface area contributed by atoms with Crippen molar-refractivity contribution in [3.8, 4) is 0 Å². The van der Waals surface area contributed by atoms with Gasteiger partial charge < -0.3 is 4.98 Å². The molecule has 7 heteroatoms. The molecule has 2 aromatic rings.